The number of aromatic nitrogens is 1. The third kappa shape index (κ3) is 2.68. The van der Waals surface area contributed by atoms with Crippen LogP contribution in [0.1, 0.15) is 44.6 Å². The summed E-state index contributed by atoms with van der Waals surface area (Å²) in [6.45, 7) is 1.76. The van der Waals surface area contributed by atoms with Gasteiger partial charge in [0.05, 0.1) is 0 Å². The zero-order chi connectivity index (χ0) is 19.8. The van der Waals surface area contributed by atoms with Crippen LogP contribution in [-0.4, -0.2) is 33.8 Å². The molecule has 0 spiro atoms. The maximum Gasteiger partial charge on any atom is 0.469 e. The van der Waals surface area contributed by atoms with E-state index in [1.165, 1.54) is 37.2 Å². The fraction of sp³-hybridized carbons (Fsp3) is 0.565. The molecule has 1 saturated heterocycles. The molecule has 7 rings (SSSR count). The van der Waals surface area contributed by atoms with E-state index in [-0.39, 0.29) is 12.1 Å². The number of para-hydroxylation sites is 1. The highest BCUT2D eigenvalue weighted by Gasteiger charge is 2.58. The highest BCUT2D eigenvalue weighted by atomic mass is 16.9. The maximum atomic E-state index is 13.4. The number of ether oxygens (including phenoxy) is 1. The van der Waals surface area contributed by atoms with Crippen molar-refractivity contribution in [3.63, 3.8) is 0 Å². The van der Waals surface area contributed by atoms with Crippen molar-refractivity contribution in [3.05, 3.63) is 36.0 Å². The molecule has 6 nitrogen and oxygen atoms in total. The second kappa shape index (κ2) is 6.00. The molecule has 1 aromatic carbocycles. The summed E-state index contributed by atoms with van der Waals surface area (Å²) in [7, 11) is 0. The first-order valence-electron chi connectivity index (χ1n) is 10.8. The molecule has 2 heterocycles. The largest absolute Gasteiger partial charge is 0.469 e. The van der Waals surface area contributed by atoms with Crippen LogP contribution in [0.25, 0.3) is 10.9 Å². The molecule has 5 aliphatic rings. The highest BCUT2D eigenvalue weighted by Crippen LogP contribution is 2.55. The van der Waals surface area contributed by atoms with Gasteiger partial charge in [0.1, 0.15) is 6.10 Å². The molecule has 0 unspecified atom stereocenters. The number of fused-ring (bicyclic) bond motifs is 1. The number of nitrogens with zero attached hydrogens (tertiary/aromatic N) is 1. The van der Waals surface area contributed by atoms with E-state index >= 15 is 0 Å². The quantitative estimate of drug-likeness (QED) is 0.609. The molecule has 5 fully saturated rings. The van der Waals surface area contributed by atoms with E-state index < -0.39 is 11.6 Å². The van der Waals surface area contributed by atoms with E-state index in [0.29, 0.717) is 18.3 Å². The van der Waals surface area contributed by atoms with Crippen molar-refractivity contribution in [2.75, 3.05) is 0 Å². The zero-order valence-corrected chi connectivity index (χ0v) is 16.6. The minimum Gasteiger partial charge on any atom is -0.460 e. The van der Waals surface area contributed by atoms with Crippen LogP contribution in [0.4, 0.5) is 4.79 Å². The molecule has 4 saturated carbocycles. The molecule has 1 aliphatic heterocycles. The van der Waals surface area contributed by atoms with Gasteiger partial charge in [-0.2, -0.15) is 0 Å². The van der Waals surface area contributed by atoms with Crippen LogP contribution >= 0.6 is 0 Å². The second-order valence-electron chi connectivity index (χ2n) is 9.76. The number of carbonyl (C=O) groups excluding carboxylic acids is 2. The van der Waals surface area contributed by atoms with Crippen molar-refractivity contribution < 1.29 is 19.2 Å². The maximum absolute atomic E-state index is 13.4. The number of aromatic amines is 1. The van der Waals surface area contributed by atoms with Gasteiger partial charge >= 0.3 is 12.1 Å². The summed E-state index contributed by atoms with van der Waals surface area (Å²) in [5.74, 6) is 2.27. The summed E-state index contributed by atoms with van der Waals surface area (Å²) in [6.07, 6.45) is 7.89. The molecule has 152 valence electrons. The fourth-order valence-electron chi connectivity index (χ4n) is 6.55. The molecule has 1 atom stereocenters. The van der Waals surface area contributed by atoms with Crippen molar-refractivity contribution in [2.24, 2.45) is 23.7 Å². The number of esters is 1. The molecular formula is C23H26N2O4. The van der Waals surface area contributed by atoms with Crippen molar-refractivity contribution >= 4 is 23.0 Å². The third-order valence-corrected chi connectivity index (χ3v) is 7.78. The molecular weight excluding hydrogens is 368 g/mol. The number of H-pyrrole nitrogens is 1. The lowest BCUT2D eigenvalue weighted by Crippen LogP contribution is -2.54. The Morgan fingerprint density at radius 3 is 2.48 bits per heavy atom. The van der Waals surface area contributed by atoms with Crippen molar-refractivity contribution in [2.45, 2.75) is 57.1 Å². The van der Waals surface area contributed by atoms with Gasteiger partial charge in [-0.15, -0.1) is 5.06 Å². The van der Waals surface area contributed by atoms with Gasteiger partial charge in [0.15, 0.2) is 5.54 Å². The lowest BCUT2D eigenvalue weighted by Gasteiger charge is -2.53. The Balaban J connectivity index is 1.27. The number of hydroxylamine groups is 2. The van der Waals surface area contributed by atoms with Crippen LogP contribution in [0.15, 0.2) is 30.5 Å². The Morgan fingerprint density at radius 1 is 1.17 bits per heavy atom. The number of nitrogens with one attached hydrogen (secondary N) is 1. The molecule has 6 heteroatoms. The monoisotopic (exact) mass is 394 g/mol. The minimum absolute atomic E-state index is 0.00681. The summed E-state index contributed by atoms with van der Waals surface area (Å²) in [4.78, 5) is 33.6. The molecule has 1 N–H and O–H groups in total. The Bertz CT molecular complexity index is 970. The predicted octanol–water partition coefficient (Wildman–Crippen LogP) is 4.20. The summed E-state index contributed by atoms with van der Waals surface area (Å²) in [5, 5.41) is 2.24. The van der Waals surface area contributed by atoms with Crippen LogP contribution < -0.4 is 0 Å². The van der Waals surface area contributed by atoms with Crippen LogP contribution in [-0.2, 0) is 20.8 Å². The first kappa shape index (κ1) is 17.4. The smallest absolute Gasteiger partial charge is 0.460 e. The van der Waals surface area contributed by atoms with Gasteiger partial charge in [-0.05, 0) is 74.3 Å². The van der Waals surface area contributed by atoms with E-state index in [2.05, 4.69) is 4.98 Å². The summed E-state index contributed by atoms with van der Waals surface area (Å²) in [6, 6.07) is 7.97. The summed E-state index contributed by atoms with van der Waals surface area (Å²) >= 11 is 0. The normalized spacial score (nSPS) is 34.2. The minimum atomic E-state index is -1.16. The molecule has 4 bridgehead atoms. The number of benzene rings is 1. The number of hydrogen-bond donors (Lipinski definition) is 1. The lowest BCUT2D eigenvalue weighted by molar-refractivity contribution is -0.183. The van der Waals surface area contributed by atoms with Crippen molar-refractivity contribution in [3.8, 4) is 0 Å². The first-order valence-corrected chi connectivity index (χ1v) is 10.8. The van der Waals surface area contributed by atoms with Crippen molar-refractivity contribution in [1.29, 1.82) is 0 Å². The van der Waals surface area contributed by atoms with E-state index in [1.807, 2.05) is 30.5 Å². The van der Waals surface area contributed by atoms with Gasteiger partial charge in [-0.1, -0.05) is 18.2 Å². The number of amides is 1. The number of rotatable bonds is 5. The molecule has 1 amide bonds. The second-order valence-corrected chi connectivity index (χ2v) is 9.76. The van der Waals surface area contributed by atoms with Gasteiger partial charge in [-0.25, -0.2) is 9.59 Å². The molecule has 4 aliphatic carbocycles. The molecule has 29 heavy (non-hydrogen) atoms. The Hall–Kier alpha value is -2.50. The molecule has 2 aromatic rings. The van der Waals surface area contributed by atoms with Crippen LogP contribution in [0.5, 0.6) is 0 Å². The summed E-state index contributed by atoms with van der Waals surface area (Å²) in [5.41, 5.74) is 0.835. The fourth-order valence-corrected chi connectivity index (χ4v) is 6.55. The van der Waals surface area contributed by atoms with Gasteiger partial charge in [0, 0.05) is 23.5 Å². The Labute approximate surface area is 169 Å². The van der Waals surface area contributed by atoms with E-state index in [9.17, 15) is 9.59 Å². The highest BCUT2D eigenvalue weighted by molar-refractivity contribution is 5.91. The Morgan fingerprint density at radius 2 is 1.83 bits per heavy atom. The van der Waals surface area contributed by atoms with E-state index in [0.717, 1.165) is 28.3 Å². The van der Waals surface area contributed by atoms with Gasteiger partial charge in [0.25, 0.3) is 0 Å². The molecule has 0 radical (unpaired) electrons. The first-order chi connectivity index (χ1) is 14.0. The van der Waals surface area contributed by atoms with Crippen molar-refractivity contribution in [1.82, 2.24) is 10.0 Å². The van der Waals surface area contributed by atoms with Crippen LogP contribution in [0.3, 0.4) is 0 Å². The standard InChI is InChI=1S/C23H26N2O4/c1-23(25-22(27)29-25,11-17-12-24-19-5-3-2-4-18(17)19)21(26)28-20-15-7-13-6-14(9-15)10-16(20)8-13/h2-5,12-16,20,24H,6-11H2,1H3/t13?,14?,15?,16?,20?,23-,25?/m0/s1. The predicted molar refractivity (Wildman–Crippen MR) is 106 cm³/mol. The van der Waals surface area contributed by atoms with E-state index in [4.69, 9.17) is 9.57 Å². The SMILES string of the molecule is C[C@](Cc1c[nH]c2ccccc12)(C(=O)OC1C2CC3CC(C2)CC1C3)N1OC1=O. The lowest BCUT2D eigenvalue weighted by atomic mass is 9.55. The number of carbonyl (C=O) groups is 2. The average molecular weight is 394 g/mol. The zero-order valence-electron chi connectivity index (χ0n) is 16.6. The van der Waals surface area contributed by atoms with Gasteiger partial charge < -0.3 is 14.6 Å². The van der Waals surface area contributed by atoms with Gasteiger partial charge in [-0.3, -0.25) is 0 Å². The molecule has 1 aromatic heterocycles. The van der Waals surface area contributed by atoms with Crippen LogP contribution in [0.2, 0.25) is 0 Å². The third-order valence-electron chi connectivity index (χ3n) is 7.78. The van der Waals surface area contributed by atoms with Crippen LogP contribution in [0, 0.1) is 23.7 Å². The average Bonchev–Trinajstić information content (AvgIpc) is 3.32. The van der Waals surface area contributed by atoms with Gasteiger partial charge in [0.2, 0.25) is 0 Å². The Kier molecular flexibility index (Phi) is 3.59. The van der Waals surface area contributed by atoms with E-state index in [1.54, 1.807) is 6.92 Å². The topological polar surface area (TPSA) is 74.7 Å². The summed E-state index contributed by atoms with van der Waals surface area (Å²) < 4.78 is 6.18. The number of hydrogen-bond acceptors (Lipinski definition) is 4.